The Morgan fingerprint density at radius 3 is 2.32 bits per heavy atom. The van der Waals surface area contributed by atoms with Gasteiger partial charge in [-0.2, -0.15) is 0 Å². The Morgan fingerprint density at radius 2 is 1.68 bits per heavy atom. The predicted octanol–water partition coefficient (Wildman–Crippen LogP) is 4.17. The van der Waals surface area contributed by atoms with E-state index in [1.807, 2.05) is 43.4 Å². The van der Waals surface area contributed by atoms with Crippen molar-refractivity contribution in [2.75, 3.05) is 29.9 Å². The number of rotatable bonds is 3. The predicted molar refractivity (Wildman–Crippen MR) is 99.8 cm³/mol. The molecular formula is C18H19IN2O. The molecule has 2 aromatic carbocycles. The van der Waals surface area contributed by atoms with E-state index in [1.165, 1.54) is 18.5 Å². The third-order valence-electron chi connectivity index (χ3n) is 4.12. The van der Waals surface area contributed by atoms with E-state index in [-0.39, 0.29) is 5.91 Å². The van der Waals surface area contributed by atoms with E-state index in [4.69, 9.17) is 0 Å². The molecule has 0 atom stereocenters. The van der Waals surface area contributed by atoms with Gasteiger partial charge in [0.25, 0.3) is 5.91 Å². The summed E-state index contributed by atoms with van der Waals surface area (Å²) in [5, 5.41) is 0. The number of amides is 1. The highest BCUT2D eigenvalue weighted by molar-refractivity contribution is 14.1. The lowest BCUT2D eigenvalue weighted by Gasteiger charge is -2.21. The maximum absolute atomic E-state index is 12.6. The maximum Gasteiger partial charge on any atom is 0.259 e. The van der Waals surface area contributed by atoms with Crippen LogP contribution >= 0.6 is 22.6 Å². The van der Waals surface area contributed by atoms with Crippen molar-refractivity contribution in [2.45, 2.75) is 12.8 Å². The zero-order valence-electron chi connectivity index (χ0n) is 12.6. The lowest BCUT2D eigenvalue weighted by molar-refractivity contribution is 0.0992. The molecule has 3 nitrogen and oxygen atoms in total. The van der Waals surface area contributed by atoms with Crippen molar-refractivity contribution in [1.82, 2.24) is 0 Å². The molecular weight excluding hydrogens is 387 g/mol. The van der Waals surface area contributed by atoms with Crippen LogP contribution in [0.3, 0.4) is 0 Å². The van der Waals surface area contributed by atoms with Gasteiger partial charge in [-0.25, -0.2) is 0 Å². The fourth-order valence-electron chi connectivity index (χ4n) is 2.79. The molecule has 0 bridgehead atoms. The second-order valence-corrected chi connectivity index (χ2v) is 6.72. The molecule has 0 saturated carbocycles. The van der Waals surface area contributed by atoms with E-state index in [0.29, 0.717) is 0 Å². The van der Waals surface area contributed by atoms with Crippen LogP contribution in [0.2, 0.25) is 0 Å². The minimum absolute atomic E-state index is 0.0268. The first-order valence-electron chi connectivity index (χ1n) is 7.54. The van der Waals surface area contributed by atoms with Crippen LogP contribution in [0.1, 0.15) is 23.2 Å². The van der Waals surface area contributed by atoms with Crippen LogP contribution < -0.4 is 9.80 Å². The summed E-state index contributed by atoms with van der Waals surface area (Å²) in [4.78, 5) is 16.7. The summed E-state index contributed by atoms with van der Waals surface area (Å²) in [5.41, 5.74) is 2.92. The van der Waals surface area contributed by atoms with Gasteiger partial charge in [-0.05, 0) is 71.8 Å². The van der Waals surface area contributed by atoms with Gasteiger partial charge in [-0.3, -0.25) is 4.79 Å². The number of benzene rings is 2. The maximum atomic E-state index is 12.6. The van der Waals surface area contributed by atoms with Crippen molar-refractivity contribution < 1.29 is 4.79 Å². The van der Waals surface area contributed by atoms with Crippen LogP contribution in [0.4, 0.5) is 11.4 Å². The molecule has 3 rings (SSSR count). The first-order chi connectivity index (χ1) is 10.7. The number of hydrogen-bond acceptors (Lipinski definition) is 2. The summed E-state index contributed by atoms with van der Waals surface area (Å²) >= 11 is 2.21. The first-order valence-corrected chi connectivity index (χ1v) is 8.62. The molecule has 114 valence electrons. The first kappa shape index (κ1) is 15.3. The number of halogens is 1. The summed E-state index contributed by atoms with van der Waals surface area (Å²) in [6.07, 6.45) is 2.54. The van der Waals surface area contributed by atoms with Crippen LogP contribution in [0.5, 0.6) is 0 Å². The molecule has 0 N–H and O–H groups in total. The lowest BCUT2D eigenvalue weighted by atomic mass is 10.2. The SMILES string of the molecule is CN(C(=O)c1ccccc1I)c1ccc(N2CCCC2)cc1. The highest BCUT2D eigenvalue weighted by Gasteiger charge is 2.17. The van der Waals surface area contributed by atoms with E-state index in [2.05, 4.69) is 39.6 Å². The number of hydrogen-bond donors (Lipinski definition) is 0. The van der Waals surface area contributed by atoms with Crippen molar-refractivity contribution in [3.8, 4) is 0 Å². The zero-order chi connectivity index (χ0) is 15.5. The van der Waals surface area contributed by atoms with E-state index in [1.54, 1.807) is 4.90 Å². The van der Waals surface area contributed by atoms with Crippen LogP contribution in [-0.4, -0.2) is 26.0 Å². The Labute approximate surface area is 145 Å². The second-order valence-electron chi connectivity index (χ2n) is 5.55. The van der Waals surface area contributed by atoms with Crippen LogP contribution in [0, 0.1) is 3.57 Å². The topological polar surface area (TPSA) is 23.6 Å². The molecule has 1 aliphatic heterocycles. The van der Waals surface area contributed by atoms with Crippen LogP contribution in [0.15, 0.2) is 48.5 Å². The van der Waals surface area contributed by atoms with Crippen LogP contribution in [-0.2, 0) is 0 Å². The molecule has 0 aromatic heterocycles. The van der Waals surface area contributed by atoms with Gasteiger partial charge in [0.2, 0.25) is 0 Å². The van der Waals surface area contributed by atoms with Gasteiger partial charge < -0.3 is 9.80 Å². The zero-order valence-corrected chi connectivity index (χ0v) is 14.8. The highest BCUT2D eigenvalue weighted by atomic mass is 127. The lowest BCUT2D eigenvalue weighted by Crippen LogP contribution is -2.27. The number of anilines is 2. The van der Waals surface area contributed by atoms with Crippen molar-refractivity contribution in [2.24, 2.45) is 0 Å². The normalized spacial score (nSPS) is 14.2. The summed E-state index contributed by atoms with van der Waals surface area (Å²) in [6, 6.07) is 16.0. The molecule has 0 unspecified atom stereocenters. The van der Waals surface area contributed by atoms with Gasteiger partial charge in [0.1, 0.15) is 0 Å². The monoisotopic (exact) mass is 406 g/mol. The highest BCUT2D eigenvalue weighted by Crippen LogP contribution is 2.24. The Morgan fingerprint density at radius 1 is 1.05 bits per heavy atom. The molecule has 1 amide bonds. The quantitative estimate of drug-likeness (QED) is 0.715. The minimum atomic E-state index is 0.0268. The molecule has 22 heavy (non-hydrogen) atoms. The van der Waals surface area contributed by atoms with Gasteiger partial charge >= 0.3 is 0 Å². The van der Waals surface area contributed by atoms with E-state index in [9.17, 15) is 4.79 Å². The average Bonchev–Trinajstić information content (AvgIpc) is 3.09. The van der Waals surface area contributed by atoms with Crippen molar-refractivity contribution in [1.29, 1.82) is 0 Å². The molecule has 1 saturated heterocycles. The summed E-state index contributed by atoms with van der Waals surface area (Å²) in [5.74, 6) is 0.0268. The van der Waals surface area contributed by atoms with Gasteiger partial charge in [0.05, 0.1) is 5.56 Å². The standard InChI is InChI=1S/C18H19IN2O/c1-20(18(22)16-6-2-3-7-17(16)19)14-8-10-15(11-9-14)21-12-4-5-13-21/h2-3,6-11H,4-5,12-13H2,1H3. The molecule has 1 heterocycles. The van der Waals surface area contributed by atoms with Gasteiger partial charge in [0.15, 0.2) is 0 Å². The Bertz CT molecular complexity index is 663. The number of nitrogens with zero attached hydrogens (tertiary/aromatic N) is 2. The Hall–Kier alpha value is -1.56. The fourth-order valence-corrected chi connectivity index (χ4v) is 3.41. The summed E-state index contributed by atoms with van der Waals surface area (Å²) in [7, 11) is 1.83. The van der Waals surface area contributed by atoms with E-state index in [0.717, 1.165) is 27.9 Å². The Kier molecular flexibility index (Phi) is 4.66. The minimum Gasteiger partial charge on any atom is -0.372 e. The number of carbonyl (C=O) groups is 1. The third-order valence-corrected chi connectivity index (χ3v) is 5.06. The second kappa shape index (κ2) is 6.69. The molecule has 1 aliphatic rings. The molecule has 4 heteroatoms. The van der Waals surface area contributed by atoms with Gasteiger partial charge in [0, 0.05) is 35.1 Å². The summed E-state index contributed by atoms with van der Waals surface area (Å²) < 4.78 is 0.977. The fraction of sp³-hybridized carbons (Fsp3) is 0.278. The van der Waals surface area contributed by atoms with E-state index >= 15 is 0 Å². The van der Waals surface area contributed by atoms with Crippen LogP contribution in [0.25, 0.3) is 0 Å². The van der Waals surface area contributed by atoms with Gasteiger partial charge in [-0.1, -0.05) is 12.1 Å². The largest absolute Gasteiger partial charge is 0.372 e. The van der Waals surface area contributed by atoms with Gasteiger partial charge in [-0.15, -0.1) is 0 Å². The smallest absolute Gasteiger partial charge is 0.259 e. The molecule has 0 spiro atoms. The van der Waals surface area contributed by atoms with Crippen molar-refractivity contribution >= 4 is 39.9 Å². The number of carbonyl (C=O) groups excluding carboxylic acids is 1. The van der Waals surface area contributed by atoms with Crippen molar-refractivity contribution in [3.63, 3.8) is 0 Å². The molecule has 1 fully saturated rings. The third kappa shape index (κ3) is 3.11. The summed E-state index contributed by atoms with van der Waals surface area (Å²) in [6.45, 7) is 2.27. The van der Waals surface area contributed by atoms with E-state index < -0.39 is 0 Å². The van der Waals surface area contributed by atoms with Crippen molar-refractivity contribution in [3.05, 3.63) is 57.7 Å². The Balaban J connectivity index is 1.78. The molecule has 0 aliphatic carbocycles. The average molecular weight is 406 g/mol. The molecule has 2 aromatic rings. The molecule has 0 radical (unpaired) electrons.